The molecule has 1 fully saturated rings. The number of ether oxygens (including phenoxy) is 1. The van der Waals surface area contributed by atoms with Crippen molar-refractivity contribution >= 4 is 23.4 Å². The molecule has 1 atom stereocenters. The van der Waals surface area contributed by atoms with Crippen LogP contribution in [0.15, 0.2) is 24.3 Å². The molecule has 1 aromatic rings. The van der Waals surface area contributed by atoms with Gasteiger partial charge in [-0.2, -0.15) is 0 Å². The molecule has 3 amide bonds. The smallest absolute Gasteiger partial charge is 0.243 e. The number of likely N-dealkylation sites (tertiary alicyclic amines) is 1. The Kier molecular flexibility index (Phi) is 8.25. The maximum Gasteiger partial charge on any atom is 0.243 e. The van der Waals surface area contributed by atoms with Crippen molar-refractivity contribution < 1.29 is 19.1 Å². The van der Waals surface area contributed by atoms with E-state index in [2.05, 4.69) is 10.2 Å². The highest BCUT2D eigenvalue weighted by atomic mass is 16.5. The van der Waals surface area contributed by atoms with Gasteiger partial charge in [0.05, 0.1) is 20.2 Å². The summed E-state index contributed by atoms with van der Waals surface area (Å²) in [5, 5.41) is 2.77. The summed E-state index contributed by atoms with van der Waals surface area (Å²) in [4.78, 5) is 39.2. The van der Waals surface area contributed by atoms with E-state index < -0.39 is 0 Å². The molecule has 154 valence electrons. The third-order valence-electron chi connectivity index (χ3n) is 4.92. The highest BCUT2D eigenvalue weighted by Crippen LogP contribution is 2.21. The Bertz CT molecular complexity index is 695. The molecule has 0 aromatic heterocycles. The summed E-state index contributed by atoms with van der Waals surface area (Å²) < 4.78 is 5.13. The Labute approximate surface area is 166 Å². The quantitative estimate of drug-likeness (QED) is 0.656. The van der Waals surface area contributed by atoms with Gasteiger partial charge in [0.25, 0.3) is 0 Å². The van der Waals surface area contributed by atoms with Crippen LogP contribution in [0.25, 0.3) is 0 Å². The largest absolute Gasteiger partial charge is 0.497 e. The predicted molar refractivity (Wildman–Crippen MR) is 107 cm³/mol. The number of rotatable bonds is 9. The molecule has 0 aliphatic carbocycles. The van der Waals surface area contributed by atoms with Gasteiger partial charge >= 0.3 is 0 Å². The van der Waals surface area contributed by atoms with Gasteiger partial charge in [-0.05, 0) is 43.9 Å². The molecule has 1 aromatic carbocycles. The fraction of sp³-hybridized carbons (Fsp3) is 0.550. The summed E-state index contributed by atoms with van der Waals surface area (Å²) in [6, 6.07) is 7.07. The first-order valence-electron chi connectivity index (χ1n) is 9.56. The molecule has 8 heteroatoms. The number of nitrogens with two attached hydrogens (primary N) is 1. The van der Waals surface area contributed by atoms with Crippen LogP contribution in [0, 0.1) is 5.92 Å². The van der Waals surface area contributed by atoms with Crippen molar-refractivity contribution in [3.05, 3.63) is 24.3 Å². The molecule has 1 saturated heterocycles. The van der Waals surface area contributed by atoms with E-state index >= 15 is 0 Å². The molecule has 2 rings (SSSR count). The molecule has 1 aliphatic rings. The summed E-state index contributed by atoms with van der Waals surface area (Å²) in [5.74, 6) is 0.391. The van der Waals surface area contributed by atoms with Crippen LogP contribution in [0.2, 0.25) is 0 Å². The van der Waals surface area contributed by atoms with Crippen molar-refractivity contribution in [3.8, 4) is 5.75 Å². The minimum Gasteiger partial charge on any atom is -0.497 e. The van der Waals surface area contributed by atoms with Crippen molar-refractivity contribution in [2.75, 3.05) is 45.7 Å². The lowest BCUT2D eigenvalue weighted by Gasteiger charge is -2.33. The van der Waals surface area contributed by atoms with Gasteiger partial charge in [0.15, 0.2) is 0 Å². The van der Waals surface area contributed by atoms with Crippen LogP contribution in [0.3, 0.4) is 0 Å². The number of carbonyl (C=O) groups excluding carboxylic acids is 3. The van der Waals surface area contributed by atoms with E-state index in [-0.39, 0.29) is 30.8 Å². The second-order valence-corrected chi connectivity index (χ2v) is 7.28. The third kappa shape index (κ3) is 7.19. The molecule has 0 spiro atoms. The van der Waals surface area contributed by atoms with Gasteiger partial charge in [0.1, 0.15) is 5.75 Å². The van der Waals surface area contributed by atoms with Crippen LogP contribution in [0.1, 0.15) is 25.7 Å². The van der Waals surface area contributed by atoms with Crippen LogP contribution >= 0.6 is 0 Å². The summed E-state index contributed by atoms with van der Waals surface area (Å²) >= 11 is 0. The molecular formula is C20H30N4O4. The second kappa shape index (κ2) is 10.7. The minimum atomic E-state index is -0.282. The number of likely N-dealkylation sites (N-methyl/N-ethyl adjacent to an activating group) is 1. The van der Waals surface area contributed by atoms with Crippen LogP contribution in [-0.2, 0) is 14.4 Å². The van der Waals surface area contributed by atoms with Gasteiger partial charge in [-0.25, -0.2) is 0 Å². The SMILES string of the molecule is COc1cccc(NC(=O)CN(C)C(=O)CN2CCCC(CCC(N)=O)C2)c1. The maximum absolute atomic E-state index is 12.5. The van der Waals surface area contributed by atoms with Crippen molar-refractivity contribution in [2.24, 2.45) is 11.7 Å². The summed E-state index contributed by atoms with van der Waals surface area (Å²) in [5.41, 5.74) is 5.85. The number of anilines is 1. The summed E-state index contributed by atoms with van der Waals surface area (Å²) in [7, 11) is 3.19. The first-order chi connectivity index (χ1) is 13.4. The zero-order valence-corrected chi connectivity index (χ0v) is 16.6. The van der Waals surface area contributed by atoms with E-state index in [9.17, 15) is 14.4 Å². The van der Waals surface area contributed by atoms with Gasteiger partial charge in [-0.15, -0.1) is 0 Å². The number of hydrogen-bond acceptors (Lipinski definition) is 5. The van der Waals surface area contributed by atoms with E-state index in [4.69, 9.17) is 10.5 Å². The Morgan fingerprint density at radius 2 is 2.14 bits per heavy atom. The lowest BCUT2D eigenvalue weighted by Crippen LogP contribution is -2.45. The summed E-state index contributed by atoms with van der Waals surface area (Å²) in [6.07, 6.45) is 3.20. The lowest BCUT2D eigenvalue weighted by atomic mass is 9.93. The molecule has 8 nitrogen and oxygen atoms in total. The highest BCUT2D eigenvalue weighted by molar-refractivity contribution is 5.94. The minimum absolute atomic E-state index is 0.0189. The second-order valence-electron chi connectivity index (χ2n) is 7.28. The Balaban J connectivity index is 1.78. The first kappa shape index (κ1) is 21.7. The lowest BCUT2D eigenvalue weighted by molar-refractivity contribution is -0.134. The number of benzene rings is 1. The molecule has 3 N–H and O–H groups in total. The highest BCUT2D eigenvalue weighted by Gasteiger charge is 2.23. The number of amides is 3. The Morgan fingerprint density at radius 3 is 2.86 bits per heavy atom. The zero-order chi connectivity index (χ0) is 20.5. The van der Waals surface area contributed by atoms with Crippen LogP contribution in [-0.4, -0.2) is 67.9 Å². The number of carbonyl (C=O) groups is 3. The predicted octanol–water partition coefficient (Wildman–Crippen LogP) is 1.07. The van der Waals surface area contributed by atoms with Crippen molar-refractivity contribution in [2.45, 2.75) is 25.7 Å². The van der Waals surface area contributed by atoms with Gasteiger partial charge in [-0.3, -0.25) is 19.3 Å². The molecule has 1 heterocycles. The van der Waals surface area contributed by atoms with E-state index in [0.717, 1.165) is 32.4 Å². The van der Waals surface area contributed by atoms with Gasteiger partial charge < -0.3 is 20.7 Å². The molecular weight excluding hydrogens is 360 g/mol. The average Bonchev–Trinajstić information content (AvgIpc) is 2.66. The normalized spacial score (nSPS) is 17.0. The molecule has 0 saturated carbocycles. The van der Waals surface area contributed by atoms with E-state index in [1.807, 2.05) is 0 Å². The molecule has 1 unspecified atom stereocenters. The summed E-state index contributed by atoms with van der Waals surface area (Å²) in [6.45, 7) is 1.89. The average molecular weight is 390 g/mol. The van der Waals surface area contributed by atoms with E-state index in [1.54, 1.807) is 38.4 Å². The van der Waals surface area contributed by atoms with E-state index in [1.165, 1.54) is 4.90 Å². The van der Waals surface area contributed by atoms with Gasteiger partial charge in [0, 0.05) is 31.8 Å². The van der Waals surface area contributed by atoms with Crippen molar-refractivity contribution in [1.29, 1.82) is 0 Å². The number of methoxy groups -OCH3 is 1. The number of nitrogens with zero attached hydrogens (tertiary/aromatic N) is 2. The van der Waals surface area contributed by atoms with Gasteiger partial charge in [0.2, 0.25) is 17.7 Å². The molecule has 0 bridgehead atoms. The first-order valence-corrected chi connectivity index (χ1v) is 9.56. The van der Waals surface area contributed by atoms with Gasteiger partial charge in [-0.1, -0.05) is 6.07 Å². The number of hydrogen-bond donors (Lipinski definition) is 2. The monoisotopic (exact) mass is 390 g/mol. The van der Waals surface area contributed by atoms with Crippen LogP contribution in [0.4, 0.5) is 5.69 Å². The standard InChI is InChI=1S/C20H30N4O4/c1-23(13-19(26)22-16-6-3-7-17(11-16)28-2)20(27)14-24-10-4-5-15(12-24)8-9-18(21)25/h3,6-7,11,15H,4-5,8-10,12-14H2,1-2H3,(H2,21,25)(H,22,26). The van der Waals surface area contributed by atoms with Crippen molar-refractivity contribution in [1.82, 2.24) is 9.80 Å². The third-order valence-corrected chi connectivity index (χ3v) is 4.92. The Hall–Kier alpha value is -2.61. The number of nitrogens with one attached hydrogen (secondary N) is 1. The topological polar surface area (TPSA) is 105 Å². The molecule has 0 radical (unpaired) electrons. The number of primary amides is 1. The maximum atomic E-state index is 12.5. The van der Waals surface area contributed by atoms with Crippen LogP contribution in [0.5, 0.6) is 5.75 Å². The number of piperidine rings is 1. The van der Waals surface area contributed by atoms with E-state index in [0.29, 0.717) is 23.8 Å². The fourth-order valence-electron chi connectivity index (χ4n) is 3.39. The Morgan fingerprint density at radius 1 is 1.36 bits per heavy atom. The molecule has 1 aliphatic heterocycles. The zero-order valence-electron chi connectivity index (χ0n) is 16.6. The van der Waals surface area contributed by atoms with Crippen LogP contribution < -0.4 is 15.8 Å². The van der Waals surface area contributed by atoms with Crippen molar-refractivity contribution in [3.63, 3.8) is 0 Å². The fourth-order valence-corrected chi connectivity index (χ4v) is 3.39. The molecule has 28 heavy (non-hydrogen) atoms.